The first-order chi connectivity index (χ1) is 15.0. The normalized spacial score (nSPS) is 14.6. The molecule has 0 radical (unpaired) electrons. The average Bonchev–Trinajstić information content (AvgIpc) is 2.79. The van der Waals surface area contributed by atoms with Crippen LogP contribution in [0.25, 0.3) is 0 Å². The Labute approximate surface area is 194 Å². The second-order valence-corrected chi connectivity index (χ2v) is 8.63. The molecule has 2 amide bonds. The SMILES string of the molecule is CCCN(CCC(=O)Nc1c(Cl)cccc1Cl)C1CCN(C(=O)c2ccccc2)CC1. The molecule has 0 atom stereocenters. The summed E-state index contributed by atoms with van der Waals surface area (Å²) in [5.41, 5.74) is 1.20. The van der Waals surface area contributed by atoms with E-state index in [2.05, 4.69) is 17.1 Å². The zero-order valence-electron chi connectivity index (χ0n) is 17.8. The summed E-state index contributed by atoms with van der Waals surface area (Å²) >= 11 is 12.3. The van der Waals surface area contributed by atoms with E-state index < -0.39 is 0 Å². The molecule has 1 aliphatic rings. The number of rotatable bonds is 8. The van der Waals surface area contributed by atoms with Gasteiger partial charge >= 0.3 is 0 Å². The van der Waals surface area contributed by atoms with Crippen molar-refractivity contribution in [2.24, 2.45) is 0 Å². The molecule has 1 N–H and O–H groups in total. The molecule has 0 spiro atoms. The molecule has 0 unspecified atom stereocenters. The molecule has 0 aliphatic carbocycles. The van der Waals surface area contributed by atoms with Gasteiger partial charge in [0.2, 0.25) is 5.91 Å². The lowest BCUT2D eigenvalue weighted by Gasteiger charge is -2.38. The molecule has 0 saturated carbocycles. The van der Waals surface area contributed by atoms with Crippen LogP contribution in [0.5, 0.6) is 0 Å². The quantitative estimate of drug-likeness (QED) is 0.576. The van der Waals surface area contributed by atoms with Gasteiger partial charge in [0.25, 0.3) is 5.91 Å². The molecule has 2 aromatic rings. The van der Waals surface area contributed by atoms with E-state index in [0.29, 0.717) is 34.7 Å². The molecule has 2 aromatic carbocycles. The molecule has 1 fully saturated rings. The van der Waals surface area contributed by atoms with E-state index in [0.717, 1.165) is 44.5 Å². The van der Waals surface area contributed by atoms with Crippen molar-refractivity contribution in [3.05, 3.63) is 64.1 Å². The highest BCUT2D eigenvalue weighted by molar-refractivity contribution is 6.39. The average molecular weight is 462 g/mol. The highest BCUT2D eigenvalue weighted by atomic mass is 35.5. The number of likely N-dealkylation sites (tertiary alicyclic amines) is 1. The standard InChI is InChI=1S/C24H29Cl2N3O2/c1-2-14-28(17-13-22(30)27-23-20(25)9-6-10-21(23)26)19-11-15-29(16-12-19)24(31)18-7-4-3-5-8-18/h3-10,19H,2,11-17H2,1H3,(H,27,30). The molecule has 5 nitrogen and oxygen atoms in total. The van der Waals surface area contributed by atoms with Crippen LogP contribution >= 0.6 is 23.2 Å². The molecular formula is C24H29Cl2N3O2. The monoisotopic (exact) mass is 461 g/mol. The Balaban J connectivity index is 1.52. The van der Waals surface area contributed by atoms with Crippen LogP contribution in [-0.2, 0) is 4.79 Å². The molecule has 1 aliphatic heterocycles. The predicted molar refractivity (Wildman–Crippen MR) is 127 cm³/mol. The Bertz CT molecular complexity index is 863. The number of hydrogen-bond donors (Lipinski definition) is 1. The minimum absolute atomic E-state index is 0.0945. The topological polar surface area (TPSA) is 52.7 Å². The first-order valence-electron chi connectivity index (χ1n) is 10.8. The van der Waals surface area contributed by atoms with Gasteiger partial charge in [0, 0.05) is 37.7 Å². The van der Waals surface area contributed by atoms with Crippen LogP contribution in [0.1, 0.15) is 43.0 Å². The van der Waals surface area contributed by atoms with E-state index >= 15 is 0 Å². The first-order valence-corrected chi connectivity index (χ1v) is 11.6. The Morgan fingerprint density at radius 1 is 1.00 bits per heavy atom. The molecule has 1 saturated heterocycles. The Morgan fingerprint density at radius 2 is 1.65 bits per heavy atom. The lowest BCUT2D eigenvalue weighted by molar-refractivity contribution is -0.116. The maximum atomic E-state index is 12.7. The number of piperidine rings is 1. The number of carbonyl (C=O) groups excluding carboxylic acids is 2. The third kappa shape index (κ3) is 6.45. The number of anilines is 1. The van der Waals surface area contributed by atoms with Gasteiger partial charge in [0.15, 0.2) is 0 Å². The molecule has 31 heavy (non-hydrogen) atoms. The maximum absolute atomic E-state index is 12.7. The van der Waals surface area contributed by atoms with Crippen LogP contribution in [0.2, 0.25) is 10.0 Å². The molecule has 0 aromatic heterocycles. The largest absolute Gasteiger partial charge is 0.339 e. The van der Waals surface area contributed by atoms with E-state index in [9.17, 15) is 9.59 Å². The number of para-hydroxylation sites is 1. The number of nitrogens with zero attached hydrogens (tertiary/aromatic N) is 2. The Morgan fingerprint density at radius 3 is 2.26 bits per heavy atom. The fourth-order valence-electron chi connectivity index (χ4n) is 4.03. The van der Waals surface area contributed by atoms with Crippen LogP contribution in [0.4, 0.5) is 5.69 Å². The van der Waals surface area contributed by atoms with Crippen molar-refractivity contribution in [3.63, 3.8) is 0 Å². The summed E-state index contributed by atoms with van der Waals surface area (Å²) in [6, 6.07) is 15.0. The molecular weight excluding hydrogens is 433 g/mol. The second-order valence-electron chi connectivity index (χ2n) is 7.82. The van der Waals surface area contributed by atoms with E-state index in [1.807, 2.05) is 35.2 Å². The number of amides is 2. The van der Waals surface area contributed by atoms with Crippen LogP contribution in [0.15, 0.2) is 48.5 Å². The molecule has 166 valence electrons. The van der Waals surface area contributed by atoms with Crippen LogP contribution in [-0.4, -0.2) is 53.8 Å². The minimum Gasteiger partial charge on any atom is -0.339 e. The zero-order valence-corrected chi connectivity index (χ0v) is 19.3. The second kappa shape index (κ2) is 11.5. The molecule has 7 heteroatoms. The fraction of sp³-hybridized carbons (Fsp3) is 0.417. The van der Waals surface area contributed by atoms with Crippen molar-refractivity contribution in [1.29, 1.82) is 0 Å². The number of nitrogens with one attached hydrogen (secondary N) is 1. The fourth-order valence-corrected chi connectivity index (χ4v) is 4.52. The van der Waals surface area contributed by atoms with Crippen molar-refractivity contribution in [2.75, 3.05) is 31.5 Å². The highest BCUT2D eigenvalue weighted by Gasteiger charge is 2.27. The summed E-state index contributed by atoms with van der Waals surface area (Å²) in [6.45, 7) is 5.21. The summed E-state index contributed by atoms with van der Waals surface area (Å²) < 4.78 is 0. The Kier molecular flexibility index (Phi) is 8.76. The lowest BCUT2D eigenvalue weighted by atomic mass is 10.0. The van der Waals surface area contributed by atoms with Gasteiger partial charge in [-0.25, -0.2) is 0 Å². The van der Waals surface area contributed by atoms with E-state index in [-0.39, 0.29) is 11.8 Å². The van der Waals surface area contributed by atoms with Crippen molar-refractivity contribution in [1.82, 2.24) is 9.80 Å². The predicted octanol–water partition coefficient (Wildman–Crippen LogP) is 5.34. The van der Waals surface area contributed by atoms with Crippen molar-refractivity contribution >= 4 is 40.7 Å². The lowest BCUT2D eigenvalue weighted by Crippen LogP contribution is -2.47. The van der Waals surface area contributed by atoms with Gasteiger partial charge < -0.3 is 10.2 Å². The number of benzene rings is 2. The first kappa shape index (κ1) is 23.6. The van der Waals surface area contributed by atoms with Gasteiger partial charge in [-0.15, -0.1) is 0 Å². The summed E-state index contributed by atoms with van der Waals surface area (Å²) in [6.07, 6.45) is 3.21. The van der Waals surface area contributed by atoms with Gasteiger partial charge in [0.1, 0.15) is 0 Å². The van der Waals surface area contributed by atoms with Gasteiger partial charge in [-0.3, -0.25) is 14.5 Å². The third-order valence-electron chi connectivity index (χ3n) is 5.65. The smallest absolute Gasteiger partial charge is 0.253 e. The number of hydrogen-bond acceptors (Lipinski definition) is 3. The summed E-state index contributed by atoms with van der Waals surface area (Å²) in [5.74, 6) is -0.00937. The highest BCUT2D eigenvalue weighted by Crippen LogP contribution is 2.30. The minimum atomic E-state index is -0.104. The van der Waals surface area contributed by atoms with E-state index in [1.54, 1.807) is 18.2 Å². The van der Waals surface area contributed by atoms with Gasteiger partial charge in [-0.05, 0) is 50.1 Å². The molecule has 1 heterocycles. The van der Waals surface area contributed by atoms with Crippen LogP contribution < -0.4 is 5.32 Å². The van der Waals surface area contributed by atoms with Crippen LogP contribution in [0.3, 0.4) is 0 Å². The Hall–Kier alpha value is -2.08. The number of carbonyl (C=O) groups is 2. The summed E-state index contributed by atoms with van der Waals surface area (Å²) in [5, 5.41) is 3.70. The van der Waals surface area contributed by atoms with Crippen molar-refractivity contribution < 1.29 is 9.59 Å². The van der Waals surface area contributed by atoms with Crippen molar-refractivity contribution in [3.8, 4) is 0 Å². The summed E-state index contributed by atoms with van der Waals surface area (Å²) in [7, 11) is 0. The van der Waals surface area contributed by atoms with E-state index in [1.165, 1.54) is 0 Å². The van der Waals surface area contributed by atoms with Crippen molar-refractivity contribution in [2.45, 2.75) is 38.6 Å². The molecule has 3 rings (SSSR count). The molecule has 0 bridgehead atoms. The van der Waals surface area contributed by atoms with Gasteiger partial charge in [-0.1, -0.05) is 54.4 Å². The van der Waals surface area contributed by atoms with E-state index in [4.69, 9.17) is 23.2 Å². The number of halogens is 2. The zero-order chi connectivity index (χ0) is 22.2. The summed E-state index contributed by atoms with van der Waals surface area (Å²) in [4.78, 5) is 29.5. The van der Waals surface area contributed by atoms with Crippen LogP contribution in [0, 0.1) is 0 Å². The van der Waals surface area contributed by atoms with Gasteiger partial charge in [-0.2, -0.15) is 0 Å². The third-order valence-corrected chi connectivity index (χ3v) is 6.28. The van der Waals surface area contributed by atoms with Gasteiger partial charge in [0.05, 0.1) is 15.7 Å². The maximum Gasteiger partial charge on any atom is 0.253 e.